The summed E-state index contributed by atoms with van der Waals surface area (Å²) in [6.07, 6.45) is 9.42. The van der Waals surface area contributed by atoms with E-state index in [1.165, 1.54) is 36.4 Å². The molecule has 1 heterocycles. The summed E-state index contributed by atoms with van der Waals surface area (Å²) < 4.78 is 29.4. The Morgan fingerprint density at radius 3 is 2.30 bits per heavy atom. The second kappa shape index (κ2) is 11.5. The van der Waals surface area contributed by atoms with Crippen molar-refractivity contribution in [3.8, 4) is 0 Å². The first-order valence-electron chi connectivity index (χ1n) is 12.6. The molecule has 3 rings (SSSR count). The van der Waals surface area contributed by atoms with Gasteiger partial charge in [-0.05, 0) is 38.0 Å². The number of hydrogen-bond donors (Lipinski definition) is 0. The summed E-state index contributed by atoms with van der Waals surface area (Å²) in [7, 11) is -1.59. The topological polar surface area (TPSA) is 75.5 Å². The third-order valence-electron chi connectivity index (χ3n) is 7.04. The predicted molar refractivity (Wildman–Crippen MR) is 133 cm³/mol. The van der Waals surface area contributed by atoms with Crippen LogP contribution < -0.4 is 0 Å². The van der Waals surface area contributed by atoms with Crippen molar-refractivity contribution in [2.45, 2.75) is 96.0 Å². The summed E-state index contributed by atoms with van der Waals surface area (Å²) in [5.41, 5.74) is 1.58. The second-order valence-corrected chi connectivity index (χ2v) is 11.0. The van der Waals surface area contributed by atoms with E-state index in [0.717, 1.165) is 30.7 Å². The average Bonchev–Trinajstić information content (AvgIpc) is 3.14. The second-order valence-electron chi connectivity index (χ2n) is 9.02. The lowest BCUT2D eigenvalue weighted by Gasteiger charge is -2.30. The zero-order chi connectivity index (χ0) is 24.0. The van der Waals surface area contributed by atoms with Gasteiger partial charge in [0.15, 0.2) is 0 Å². The number of nitrogens with zero attached hydrogens (tertiary/aromatic N) is 4. The van der Waals surface area contributed by atoms with E-state index in [0.29, 0.717) is 37.5 Å². The van der Waals surface area contributed by atoms with Crippen LogP contribution in [0.3, 0.4) is 0 Å². The highest BCUT2D eigenvalue weighted by atomic mass is 32.2. The van der Waals surface area contributed by atoms with Crippen molar-refractivity contribution in [2.75, 3.05) is 20.1 Å². The lowest BCUT2D eigenvalue weighted by Crippen LogP contribution is -2.37. The van der Waals surface area contributed by atoms with E-state index in [4.69, 9.17) is 4.98 Å². The number of amides is 1. The molecule has 0 atom stereocenters. The van der Waals surface area contributed by atoms with Crippen molar-refractivity contribution in [3.63, 3.8) is 0 Å². The number of aromatic nitrogens is 2. The predicted octanol–water partition coefficient (Wildman–Crippen LogP) is 4.59. The molecular formula is C25H40N4O3S. The minimum absolute atomic E-state index is 0.167. The van der Waals surface area contributed by atoms with Crippen LogP contribution in [0, 0.1) is 0 Å². The summed E-state index contributed by atoms with van der Waals surface area (Å²) in [4.78, 5) is 19.9. The first-order valence-corrected chi connectivity index (χ1v) is 14.0. The molecule has 184 valence electrons. The molecule has 33 heavy (non-hydrogen) atoms. The molecule has 0 unspecified atom stereocenters. The monoisotopic (exact) mass is 476 g/mol. The fourth-order valence-corrected chi connectivity index (χ4v) is 6.48. The average molecular weight is 477 g/mol. The summed E-state index contributed by atoms with van der Waals surface area (Å²) in [6, 6.07) is 5.52. The minimum atomic E-state index is -3.53. The van der Waals surface area contributed by atoms with E-state index in [2.05, 4.69) is 4.57 Å². The Morgan fingerprint density at radius 2 is 1.70 bits per heavy atom. The van der Waals surface area contributed by atoms with Gasteiger partial charge in [-0.25, -0.2) is 13.4 Å². The Labute approximate surface area is 199 Å². The number of aryl methyl sites for hydroxylation is 2. The zero-order valence-corrected chi connectivity index (χ0v) is 21.5. The van der Waals surface area contributed by atoms with E-state index in [1.807, 2.05) is 38.8 Å². The van der Waals surface area contributed by atoms with Crippen LogP contribution in [0.25, 0.3) is 11.0 Å². The molecule has 1 amide bonds. The lowest BCUT2D eigenvalue weighted by molar-refractivity contribution is -0.132. The number of fused-ring (bicyclic) bond motifs is 1. The molecule has 0 bridgehead atoms. The van der Waals surface area contributed by atoms with Gasteiger partial charge in [-0.2, -0.15) is 4.31 Å². The summed E-state index contributed by atoms with van der Waals surface area (Å²) in [5.74, 6) is 1.00. The van der Waals surface area contributed by atoms with Crippen LogP contribution in [-0.2, 0) is 27.8 Å². The Bertz CT molecular complexity index is 1040. The summed E-state index contributed by atoms with van der Waals surface area (Å²) in [5, 5.41) is 0. The maximum atomic E-state index is 13.0. The highest BCUT2D eigenvalue weighted by Crippen LogP contribution is 2.25. The van der Waals surface area contributed by atoms with Crippen molar-refractivity contribution < 1.29 is 13.2 Å². The Balaban J connectivity index is 1.77. The van der Waals surface area contributed by atoms with Crippen LogP contribution in [0.5, 0.6) is 0 Å². The Hall–Kier alpha value is -1.93. The standard InChI is InChI=1S/C25H40N4O3S/c1-5-28(6-2)33(31,32)21-15-16-23-22(19-21)26-24(29(23)7-3)17-18-25(30)27(4)20-13-11-9-8-10-12-14-20/h15-16,19-20H,5-14,17-18H2,1-4H3. The van der Waals surface area contributed by atoms with Crippen LogP contribution in [0.4, 0.5) is 0 Å². The van der Waals surface area contributed by atoms with Gasteiger partial charge in [0.05, 0.1) is 15.9 Å². The van der Waals surface area contributed by atoms with E-state index < -0.39 is 10.0 Å². The Morgan fingerprint density at radius 1 is 1.06 bits per heavy atom. The fourth-order valence-electron chi connectivity index (χ4n) is 5.00. The molecule has 1 fully saturated rings. The number of benzene rings is 1. The van der Waals surface area contributed by atoms with Gasteiger partial charge in [0, 0.05) is 45.6 Å². The van der Waals surface area contributed by atoms with Crippen molar-refractivity contribution in [1.29, 1.82) is 0 Å². The summed E-state index contributed by atoms with van der Waals surface area (Å²) in [6.45, 7) is 7.32. The SMILES string of the molecule is CCN(CC)S(=O)(=O)c1ccc2c(c1)nc(CCC(=O)N(C)C1CCCCCCC1)n2CC. The molecule has 0 aliphatic heterocycles. The maximum Gasteiger partial charge on any atom is 0.243 e. The zero-order valence-electron chi connectivity index (χ0n) is 20.7. The third kappa shape index (κ3) is 5.77. The third-order valence-corrected chi connectivity index (χ3v) is 9.08. The number of hydrogen-bond acceptors (Lipinski definition) is 4. The number of imidazole rings is 1. The molecule has 1 aromatic carbocycles. The molecule has 1 aromatic heterocycles. The van der Waals surface area contributed by atoms with Crippen molar-refractivity contribution in [2.24, 2.45) is 0 Å². The first-order chi connectivity index (χ1) is 15.8. The van der Waals surface area contributed by atoms with Crippen LogP contribution >= 0.6 is 0 Å². The molecule has 0 saturated heterocycles. The molecule has 1 saturated carbocycles. The van der Waals surface area contributed by atoms with E-state index >= 15 is 0 Å². The van der Waals surface area contributed by atoms with Gasteiger partial charge < -0.3 is 9.47 Å². The van der Waals surface area contributed by atoms with E-state index in [-0.39, 0.29) is 10.8 Å². The van der Waals surface area contributed by atoms with Gasteiger partial charge in [0.2, 0.25) is 15.9 Å². The smallest absolute Gasteiger partial charge is 0.243 e. The molecule has 1 aliphatic carbocycles. The van der Waals surface area contributed by atoms with Crippen LogP contribution in [-0.4, -0.2) is 59.3 Å². The van der Waals surface area contributed by atoms with E-state index in [9.17, 15) is 13.2 Å². The van der Waals surface area contributed by atoms with Crippen LogP contribution in [0.1, 0.15) is 78.0 Å². The van der Waals surface area contributed by atoms with Crippen LogP contribution in [0.2, 0.25) is 0 Å². The molecular weight excluding hydrogens is 436 g/mol. The van der Waals surface area contributed by atoms with Crippen molar-refractivity contribution in [1.82, 2.24) is 18.8 Å². The lowest BCUT2D eigenvalue weighted by atomic mass is 9.95. The van der Waals surface area contributed by atoms with Gasteiger partial charge >= 0.3 is 0 Å². The normalized spacial score (nSPS) is 16.2. The van der Waals surface area contributed by atoms with Gasteiger partial charge in [0.25, 0.3) is 0 Å². The number of carbonyl (C=O) groups excluding carboxylic acids is 1. The molecule has 2 aromatic rings. The molecule has 1 aliphatic rings. The van der Waals surface area contributed by atoms with Gasteiger partial charge in [-0.3, -0.25) is 4.79 Å². The quantitative estimate of drug-likeness (QED) is 0.530. The number of sulfonamides is 1. The Kier molecular flexibility index (Phi) is 8.93. The number of rotatable bonds is 9. The summed E-state index contributed by atoms with van der Waals surface area (Å²) >= 11 is 0. The van der Waals surface area contributed by atoms with Gasteiger partial charge in [0.1, 0.15) is 5.82 Å². The first kappa shape index (κ1) is 25.7. The van der Waals surface area contributed by atoms with Gasteiger partial charge in [-0.15, -0.1) is 0 Å². The highest BCUT2D eigenvalue weighted by molar-refractivity contribution is 7.89. The van der Waals surface area contributed by atoms with Crippen molar-refractivity contribution in [3.05, 3.63) is 24.0 Å². The molecule has 0 radical (unpaired) electrons. The maximum absolute atomic E-state index is 13.0. The largest absolute Gasteiger partial charge is 0.343 e. The van der Waals surface area contributed by atoms with Gasteiger partial charge in [-0.1, -0.05) is 46.0 Å². The number of carbonyl (C=O) groups is 1. The fraction of sp³-hybridized carbons (Fsp3) is 0.680. The molecule has 0 N–H and O–H groups in total. The van der Waals surface area contributed by atoms with Crippen molar-refractivity contribution >= 4 is 27.0 Å². The highest BCUT2D eigenvalue weighted by Gasteiger charge is 2.24. The molecule has 8 heteroatoms. The molecule has 7 nitrogen and oxygen atoms in total. The van der Waals surface area contributed by atoms with E-state index in [1.54, 1.807) is 12.1 Å². The molecule has 0 spiro atoms. The minimum Gasteiger partial charge on any atom is -0.343 e. The van der Waals surface area contributed by atoms with Crippen LogP contribution in [0.15, 0.2) is 23.1 Å².